The van der Waals surface area contributed by atoms with Gasteiger partial charge in [-0.05, 0) is 13.8 Å². The van der Waals surface area contributed by atoms with Crippen LogP contribution in [0.15, 0.2) is 24.0 Å². The van der Waals surface area contributed by atoms with Crippen LogP contribution in [0.4, 0.5) is 0 Å². The molecule has 0 spiro atoms. The lowest BCUT2D eigenvalue weighted by Crippen LogP contribution is -2.27. The number of rotatable bonds is 6. The molecule has 2 aromatic rings. The van der Waals surface area contributed by atoms with Crippen molar-refractivity contribution in [3.8, 4) is 0 Å². The lowest BCUT2D eigenvalue weighted by atomic mass is 10.3. The van der Waals surface area contributed by atoms with Gasteiger partial charge < -0.3 is 9.64 Å². The summed E-state index contributed by atoms with van der Waals surface area (Å²) in [6.07, 6.45) is 4.49. The van der Waals surface area contributed by atoms with Crippen molar-refractivity contribution in [1.29, 1.82) is 0 Å². The van der Waals surface area contributed by atoms with Gasteiger partial charge in [-0.1, -0.05) is 0 Å². The number of ether oxygens (including phenoxy) is 1. The minimum absolute atomic E-state index is 0.0188. The van der Waals surface area contributed by atoms with Crippen LogP contribution in [0, 0.1) is 0 Å². The summed E-state index contributed by atoms with van der Waals surface area (Å²) in [4.78, 5) is 26.2. The van der Waals surface area contributed by atoms with Gasteiger partial charge in [-0.3, -0.25) is 9.78 Å². The normalized spacial score (nSPS) is 12.1. The van der Waals surface area contributed by atoms with Crippen molar-refractivity contribution in [2.75, 3.05) is 13.7 Å². The highest BCUT2D eigenvalue weighted by Gasteiger charge is 2.16. The molecule has 0 aliphatic heterocycles. The number of hydrogen-bond acceptors (Lipinski definition) is 6. The second-order valence-corrected chi connectivity index (χ2v) is 5.42. The number of amides is 1. The lowest BCUT2D eigenvalue weighted by Gasteiger charge is -2.15. The van der Waals surface area contributed by atoms with Gasteiger partial charge >= 0.3 is 0 Å². The molecule has 2 rings (SSSR count). The highest BCUT2D eigenvalue weighted by Crippen LogP contribution is 2.21. The second-order valence-electron chi connectivity index (χ2n) is 4.53. The molecule has 21 heavy (non-hydrogen) atoms. The monoisotopic (exact) mass is 306 g/mol. The van der Waals surface area contributed by atoms with Gasteiger partial charge in [0.05, 0.1) is 18.4 Å². The Balaban J connectivity index is 2.00. The Labute approximate surface area is 127 Å². The van der Waals surface area contributed by atoms with Crippen molar-refractivity contribution in [3.63, 3.8) is 0 Å². The molecule has 0 fully saturated rings. The molecule has 112 valence electrons. The first-order chi connectivity index (χ1) is 10.1. The van der Waals surface area contributed by atoms with E-state index in [1.165, 1.54) is 12.4 Å². The third-order valence-corrected chi connectivity index (χ3v) is 3.92. The minimum Gasteiger partial charge on any atom is -0.372 e. The van der Waals surface area contributed by atoms with Crippen molar-refractivity contribution in [2.24, 2.45) is 0 Å². The fourth-order valence-electron chi connectivity index (χ4n) is 1.82. The predicted molar refractivity (Wildman–Crippen MR) is 80.0 cm³/mol. The Morgan fingerprint density at radius 3 is 2.95 bits per heavy atom. The molecule has 0 aromatic carbocycles. The molecule has 0 aliphatic rings. The molecule has 0 radical (unpaired) electrons. The molecule has 0 unspecified atom stereocenters. The molecule has 0 aliphatic carbocycles. The third kappa shape index (κ3) is 4.05. The molecule has 2 heterocycles. The van der Waals surface area contributed by atoms with E-state index in [1.54, 1.807) is 29.5 Å². The first-order valence-electron chi connectivity index (χ1n) is 6.69. The molecule has 6 nitrogen and oxygen atoms in total. The van der Waals surface area contributed by atoms with Crippen LogP contribution < -0.4 is 0 Å². The second kappa shape index (κ2) is 7.24. The van der Waals surface area contributed by atoms with Gasteiger partial charge in [-0.25, -0.2) is 9.97 Å². The van der Waals surface area contributed by atoms with Crippen LogP contribution in [-0.2, 0) is 11.3 Å². The zero-order valence-corrected chi connectivity index (χ0v) is 13.1. The van der Waals surface area contributed by atoms with E-state index in [1.807, 2.05) is 19.2 Å². The smallest absolute Gasteiger partial charge is 0.274 e. The van der Waals surface area contributed by atoms with Crippen LogP contribution in [0.1, 0.15) is 41.1 Å². The van der Waals surface area contributed by atoms with Crippen LogP contribution in [0.2, 0.25) is 0 Å². The predicted octanol–water partition coefficient (Wildman–Crippen LogP) is 2.30. The summed E-state index contributed by atoms with van der Waals surface area (Å²) in [5.74, 6) is -0.171. The van der Waals surface area contributed by atoms with Gasteiger partial charge in [-0.2, -0.15) is 0 Å². The summed E-state index contributed by atoms with van der Waals surface area (Å²) in [7, 11) is 1.72. The van der Waals surface area contributed by atoms with E-state index in [2.05, 4.69) is 15.0 Å². The summed E-state index contributed by atoms with van der Waals surface area (Å²) < 4.78 is 5.51. The van der Waals surface area contributed by atoms with Crippen LogP contribution in [-0.4, -0.2) is 39.4 Å². The third-order valence-electron chi connectivity index (χ3n) is 2.86. The zero-order chi connectivity index (χ0) is 15.2. The Hall–Kier alpha value is -1.86. The number of carbonyl (C=O) groups excluding carboxylic acids is 1. The molecule has 7 heteroatoms. The number of carbonyl (C=O) groups is 1. The Kier molecular flexibility index (Phi) is 5.35. The minimum atomic E-state index is -0.171. The standard InChI is InChI=1S/C14H18N4O2S/c1-4-20-10(2)13-17-11(9-21-13)8-18(3)14(19)12-7-15-5-6-16-12/h5-7,9-10H,4,8H2,1-3H3/t10-/m0/s1. The SMILES string of the molecule is CCO[C@@H](C)c1nc(CN(C)C(=O)c2cnccn2)cs1. The summed E-state index contributed by atoms with van der Waals surface area (Å²) in [5, 5.41) is 2.87. The molecule has 0 saturated carbocycles. The molecular weight excluding hydrogens is 288 g/mol. The van der Waals surface area contributed by atoms with E-state index in [4.69, 9.17) is 4.74 Å². The van der Waals surface area contributed by atoms with E-state index in [0.717, 1.165) is 10.7 Å². The van der Waals surface area contributed by atoms with Crippen LogP contribution in [0.3, 0.4) is 0 Å². The highest BCUT2D eigenvalue weighted by molar-refractivity contribution is 7.09. The summed E-state index contributed by atoms with van der Waals surface area (Å²) in [6, 6.07) is 0. The molecule has 0 N–H and O–H groups in total. The molecule has 1 amide bonds. The Morgan fingerprint density at radius 1 is 1.48 bits per heavy atom. The van der Waals surface area contributed by atoms with Gasteiger partial charge in [-0.15, -0.1) is 11.3 Å². The van der Waals surface area contributed by atoms with Crippen molar-refractivity contribution in [2.45, 2.75) is 26.5 Å². The molecule has 0 bridgehead atoms. The number of thiazole rings is 1. The van der Waals surface area contributed by atoms with Crippen LogP contribution >= 0.6 is 11.3 Å². The number of hydrogen-bond donors (Lipinski definition) is 0. The summed E-state index contributed by atoms with van der Waals surface area (Å²) in [5.41, 5.74) is 1.18. The summed E-state index contributed by atoms with van der Waals surface area (Å²) in [6.45, 7) is 5.02. The highest BCUT2D eigenvalue weighted by atomic mass is 32.1. The number of nitrogens with zero attached hydrogens (tertiary/aromatic N) is 4. The largest absolute Gasteiger partial charge is 0.372 e. The van der Waals surface area contributed by atoms with E-state index >= 15 is 0 Å². The van der Waals surface area contributed by atoms with Crippen LogP contribution in [0.25, 0.3) is 0 Å². The molecule has 1 atom stereocenters. The topological polar surface area (TPSA) is 68.2 Å². The average Bonchev–Trinajstić information content (AvgIpc) is 2.96. The van der Waals surface area contributed by atoms with Gasteiger partial charge in [0.2, 0.25) is 0 Å². The first-order valence-corrected chi connectivity index (χ1v) is 7.57. The average molecular weight is 306 g/mol. The van der Waals surface area contributed by atoms with Crippen LogP contribution in [0.5, 0.6) is 0 Å². The Morgan fingerprint density at radius 2 is 2.29 bits per heavy atom. The fraction of sp³-hybridized carbons (Fsp3) is 0.429. The molecule has 0 saturated heterocycles. The Bertz CT molecular complexity index is 588. The van der Waals surface area contributed by atoms with E-state index < -0.39 is 0 Å². The fourth-order valence-corrected chi connectivity index (χ4v) is 2.64. The van der Waals surface area contributed by atoms with Gasteiger partial charge in [0.15, 0.2) is 0 Å². The van der Waals surface area contributed by atoms with Crippen molar-refractivity contribution < 1.29 is 9.53 Å². The molecule has 2 aromatic heterocycles. The zero-order valence-electron chi connectivity index (χ0n) is 12.3. The van der Waals surface area contributed by atoms with E-state index in [-0.39, 0.29) is 12.0 Å². The maximum absolute atomic E-state index is 12.2. The number of aromatic nitrogens is 3. The molecular formula is C14H18N4O2S. The quantitative estimate of drug-likeness (QED) is 0.819. The van der Waals surface area contributed by atoms with Crippen molar-refractivity contribution >= 4 is 17.2 Å². The maximum Gasteiger partial charge on any atom is 0.274 e. The van der Waals surface area contributed by atoms with Gasteiger partial charge in [0.1, 0.15) is 16.8 Å². The summed E-state index contributed by atoms with van der Waals surface area (Å²) >= 11 is 1.55. The van der Waals surface area contributed by atoms with Crippen molar-refractivity contribution in [1.82, 2.24) is 19.9 Å². The van der Waals surface area contributed by atoms with Gasteiger partial charge in [0, 0.05) is 31.4 Å². The van der Waals surface area contributed by atoms with E-state index in [0.29, 0.717) is 18.8 Å². The van der Waals surface area contributed by atoms with E-state index in [9.17, 15) is 4.79 Å². The first kappa shape index (κ1) is 15.5. The van der Waals surface area contributed by atoms with Crippen molar-refractivity contribution in [3.05, 3.63) is 40.4 Å². The van der Waals surface area contributed by atoms with Gasteiger partial charge in [0.25, 0.3) is 5.91 Å². The lowest BCUT2D eigenvalue weighted by molar-refractivity contribution is 0.0754. The maximum atomic E-state index is 12.2.